The first kappa shape index (κ1) is 15.2. The second-order valence-corrected chi connectivity index (χ2v) is 5.79. The van der Waals surface area contributed by atoms with Gasteiger partial charge in [-0.15, -0.1) is 5.10 Å². The standard InChI is InChI=1S/C13H20N6O2/c1-13(2,3)21-12(20)16-9(6-14)4-8-5-10-11(15-7-8)18-19-17-10/h5,7,9H,4,6,14H2,1-3H3,(H,16,20)(H,15,17,18,19). The molecule has 1 unspecified atom stereocenters. The maximum absolute atomic E-state index is 11.8. The smallest absolute Gasteiger partial charge is 0.407 e. The summed E-state index contributed by atoms with van der Waals surface area (Å²) in [7, 11) is 0. The third-order valence-electron chi connectivity index (χ3n) is 2.72. The highest BCUT2D eigenvalue weighted by molar-refractivity contribution is 5.69. The average molecular weight is 292 g/mol. The molecule has 2 aromatic rings. The highest BCUT2D eigenvalue weighted by Gasteiger charge is 2.19. The summed E-state index contributed by atoms with van der Waals surface area (Å²) < 4.78 is 5.22. The number of carbonyl (C=O) groups is 1. The Morgan fingerprint density at radius 3 is 2.90 bits per heavy atom. The Kier molecular flexibility index (Phi) is 4.37. The number of aromatic nitrogens is 4. The molecule has 0 saturated heterocycles. The molecule has 0 bridgehead atoms. The largest absolute Gasteiger partial charge is 0.444 e. The van der Waals surface area contributed by atoms with Crippen LogP contribution in [0.1, 0.15) is 26.3 Å². The number of nitrogens with one attached hydrogen (secondary N) is 2. The van der Waals surface area contributed by atoms with Crippen LogP contribution in [0.3, 0.4) is 0 Å². The number of hydrogen-bond donors (Lipinski definition) is 3. The minimum absolute atomic E-state index is 0.231. The topological polar surface area (TPSA) is 119 Å². The number of carbonyl (C=O) groups excluding carboxylic acids is 1. The minimum atomic E-state index is -0.537. The highest BCUT2D eigenvalue weighted by Crippen LogP contribution is 2.10. The van der Waals surface area contributed by atoms with Crippen LogP contribution in [-0.4, -0.2) is 44.7 Å². The van der Waals surface area contributed by atoms with Gasteiger partial charge in [0.25, 0.3) is 0 Å². The zero-order valence-corrected chi connectivity index (χ0v) is 12.4. The summed E-state index contributed by atoms with van der Waals surface area (Å²) in [6, 6.07) is 1.64. The average Bonchev–Trinajstić information content (AvgIpc) is 2.83. The van der Waals surface area contributed by atoms with Crippen molar-refractivity contribution < 1.29 is 9.53 Å². The number of alkyl carbamates (subject to hydrolysis) is 1. The van der Waals surface area contributed by atoms with Crippen molar-refractivity contribution in [2.75, 3.05) is 6.54 Å². The molecule has 4 N–H and O–H groups in total. The lowest BCUT2D eigenvalue weighted by molar-refractivity contribution is 0.0506. The number of H-pyrrole nitrogens is 1. The normalized spacial score (nSPS) is 13.1. The van der Waals surface area contributed by atoms with Gasteiger partial charge < -0.3 is 15.8 Å². The van der Waals surface area contributed by atoms with Gasteiger partial charge in [0, 0.05) is 18.8 Å². The summed E-state index contributed by atoms with van der Waals surface area (Å²) in [5, 5.41) is 13.1. The van der Waals surface area contributed by atoms with E-state index in [1.165, 1.54) is 0 Å². The SMILES string of the molecule is CC(C)(C)OC(=O)NC(CN)Cc1cnc2n[nH]nc2c1. The van der Waals surface area contributed by atoms with Crippen molar-refractivity contribution in [2.45, 2.75) is 38.8 Å². The predicted octanol–water partition coefficient (Wildman–Crippen LogP) is 0.747. The summed E-state index contributed by atoms with van der Waals surface area (Å²) >= 11 is 0. The van der Waals surface area contributed by atoms with Gasteiger partial charge in [0.1, 0.15) is 11.1 Å². The van der Waals surface area contributed by atoms with E-state index in [0.717, 1.165) is 5.56 Å². The molecule has 114 valence electrons. The van der Waals surface area contributed by atoms with E-state index in [-0.39, 0.29) is 6.04 Å². The molecule has 1 atom stereocenters. The Balaban J connectivity index is 1.99. The van der Waals surface area contributed by atoms with E-state index >= 15 is 0 Å². The summed E-state index contributed by atoms with van der Waals surface area (Å²) in [6.07, 6.45) is 1.77. The van der Waals surface area contributed by atoms with Crippen molar-refractivity contribution in [1.82, 2.24) is 25.7 Å². The molecule has 0 radical (unpaired) electrons. The highest BCUT2D eigenvalue weighted by atomic mass is 16.6. The number of nitrogens with two attached hydrogens (primary N) is 1. The minimum Gasteiger partial charge on any atom is -0.444 e. The van der Waals surface area contributed by atoms with Gasteiger partial charge in [-0.2, -0.15) is 10.3 Å². The first-order chi connectivity index (χ1) is 9.87. The fraction of sp³-hybridized carbons (Fsp3) is 0.538. The van der Waals surface area contributed by atoms with Crippen LogP contribution in [0.25, 0.3) is 11.2 Å². The van der Waals surface area contributed by atoms with Crippen LogP contribution in [0.4, 0.5) is 4.79 Å². The van der Waals surface area contributed by atoms with Gasteiger partial charge in [-0.05, 0) is 38.8 Å². The molecule has 0 fully saturated rings. The zero-order valence-electron chi connectivity index (χ0n) is 12.4. The number of amides is 1. The van der Waals surface area contributed by atoms with Gasteiger partial charge in [-0.1, -0.05) is 0 Å². The lowest BCUT2D eigenvalue weighted by Crippen LogP contribution is -2.44. The number of nitrogens with zero attached hydrogens (tertiary/aromatic N) is 3. The number of ether oxygens (including phenoxy) is 1. The van der Waals surface area contributed by atoms with Crippen LogP contribution in [-0.2, 0) is 11.2 Å². The zero-order chi connectivity index (χ0) is 15.5. The van der Waals surface area contributed by atoms with Gasteiger partial charge in [0.05, 0.1) is 0 Å². The summed E-state index contributed by atoms with van der Waals surface area (Å²) in [6.45, 7) is 5.74. The van der Waals surface area contributed by atoms with Gasteiger partial charge in [0.15, 0.2) is 0 Å². The first-order valence-electron chi connectivity index (χ1n) is 6.72. The Morgan fingerprint density at radius 2 is 2.24 bits per heavy atom. The predicted molar refractivity (Wildman–Crippen MR) is 77.6 cm³/mol. The first-order valence-corrected chi connectivity index (χ1v) is 6.72. The third-order valence-corrected chi connectivity index (χ3v) is 2.72. The molecule has 8 heteroatoms. The monoisotopic (exact) mass is 292 g/mol. The Bertz CT molecular complexity index is 618. The van der Waals surface area contributed by atoms with Crippen molar-refractivity contribution in [3.63, 3.8) is 0 Å². The fourth-order valence-electron chi connectivity index (χ4n) is 1.85. The third kappa shape index (κ3) is 4.38. The van der Waals surface area contributed by atoms with Crippen LogP contribution in [0.15, 0.2) is 12.3 Å². The molecule has 0 saturated carbocycles. The van der Waals surface area contributed by atoms with E-state index in [1.807, 2.05) is 26.8 Å². The molecular formula is C13H20N6O2. The molecule has 2 heterocycles. The molecular weight excluding hydrogens is 272 g/mol. The quantitative estimate of drug-likeness (QED) is 0.765. The molecule has 2 rings (SSSR count). The van der Waals surface area contributed by atoms with Gasteiger partial charge >= 0.3 is 6.09 Å². The molecule has 8 nitrogen and oxygen atoms in total. The Hall–Kier alpha value is -2.22. The van der Waals surface area contributed by atoms with Crippen molar-refractivity contribution in [2.24, 2.45) is 5.73 Å². The van der Waals surface area contributed by atoms with Crippen molar-refractivity contribution >= 4 is 17.3 Å². The maximum atomic E-state index is 11.8. The lowest BCUT2D eigenvalue weighted by Gasteiger charge is -2.23. The second-order valence-electron chi connectivity index (χ2n) is 5.79. The molecule has 0 aliphatic heterocycles. The number of rotatable bonds is 4. The van der Waals surface area contributed by atoms with Gasteiger partial charge in [-0.25, -0.2) is 9.78 Å². The van der Waals surface area contributed by atoms with Crippen molar-refractivity contribution in [1.29, 1.82) is 0 Å². The molecule has 0 aromatic carbocycles. The van der Waals surface area contributed by atoms with E-state index in [9.17, 15) is 4.79 Å². The van der Waals surface area contributed by atoms with Crippen molar-refractivity contribution in [3.05, 3.63) is 17.8 Å². The molecule has 0 aliphatic carbocycles. The molecule has 21 heavy (non-hydrogen) atoms. The molecule has 1 amide bonds. The van der Waals surface area contributed by atoms with E-state index < -0.39 is 11.7 Å². The van der Waals surface area contributed by atoms with Gasteiger partial charge in [0.2, 0.25) is 5.65 Å². The van der Waals surface area contributed by atoms with Crippen LogP contribution in [0, 0.1) is 0 Å². The number of aromatic amines is 1. The Morgan fingerprint density at radius 1 is 1.48 bits per heavy atom. The second kappa shape index (κ2) is 6.04. The molecule has 2 aromatic heterocycles. The van der Waals surface area contributed by atoms with E-state index in [1.54, 1.807) is 6.20 Å². The summed E-state index contributed by atoms with van der Waals surface area (Å²) in [4.78, 5) is 15.9. The van der Waals surface area contributed by atoms with Crippen LogP contribution >= 0.6 is 0 Å². The molecule has 0 spiro atoms. The number of pyridine rings is 1. The van der Waals surface area contributed by atoms with Gasteiger partial charge in [-0.3, -0.25) is 0 Å². The van der Waals surface area contributed by atoms with Crippen LogP contribution < -0.4 is 11.1 Å². The lowest BCUT2D eigenvalue weighted by atomic mass is 10.1. The fourth-order valence-corrected chi connectivity index (χ4v) is 1.85. The maximum Gasteiger partial charge on any atom is 0.407 e. The van der Waals surface area contributed by atoms with E-state index in [4.69, 9.17) is 10.5 Å². The number of hydrogen-bond acceptors (Lipinski definition) is 6. The summed E-state index contributed by atoms with van der Waals surface area (Å²) in [5.41, 5.74) is 7.32. The van der Waals surface area contributed by atoms with Crippen LogP contribution in [0.5, 0.6) is 0 Å². The summed E-state index contributed by atoms with van der Waals surface area (Å²) in [5.74, 6) is 0. The van der Waals surface area contributed by atoms with Crippen LogP contribution in [0.2, 0.25) is 0 Å². The van der Waals surface area contributed by atoms with E-state index in [2.05, 4.69) is 25.7 Å². The Labute approximate surface area is 122 Å². The number of fused-ring (bicyclic) bond motifs is 1. The molecule has 0 aliphatic rings. The van der Waals surface area contributed by atoms with E-state index in [0.29, 0.717) is 24.1 Å². The van der Waals surface area contributed by atoms with Crippen molar-refractivity contribution in [3.8, 4) is 0 Å².